The van der Waals surface area contributed by atoms with Gasteiger partial charge in [0.1, 0.15) is 0 Å². The second-order valence-corrected chi connectivity index (χ2v) is 7.85. The third-order valence-electron chi connectivity index (χ3n) is 3.87. The minimum atomic E-state index is -0.654. The molecular weight excluding hydrogens is 380 g/mol. The normalized spacial score (nSPS) is 10.6. The van der Waals surface area contributed by atoms with Crippen LogP contribution in [0.4, 0.5) is 5.69 Å². The lowest BCUT2D eigenvalue weighted by atomic mass is 10.3. The first kappa shape index (κ1) is 19.2. The van der Waals surface area contributed by atoms with Gasteiger partial charge in [-0.1, -0.05) is 12.1 Å². The Labute approximate surface area is 166 Å². The van der Waals surface area contributed by atoms with Crippen molar-refractivity contribution in [3.8, 4) is 10.4 Å². The molecule has 2 amide bonds. The van der Waals surface area contributed by atoms with Crippen molar-refractivity contribution in [3.05, 3.63) is 53.7 Å². The third kappa shape index (κ3) is 4.99. The molecular formula is C19H20N4O2S2. The van der Waals surface area contributed by atoms with Crippen molar-refractivity contribution in [2.24, 2.45) is 7.05 Å². The molecule has 0 aliphatic rings. The Morgan fingerprint density at radius 2 is 2.00 bits per heavy atom. The van der Waals surface area contributed by atoms with Crippen molar-refractivity contribution in [1.82, 2.24) is 15.1 Å². The van der Waals surface area contributed by atoms with E-state index in [-0.39, 0.29) is 0 Å². The van der Waals surface area contributed by atoms with Crippen LogP contribution < -0.4 is 10.6 Å². The van der Waals surface area contributed by atoms with E-state index in [1.165, 1.54) is 11.8 Å². The lowest BCUT2D eigenvalue weighted by molar-refractivity contribution is -0.136. The maximum Gasteiger partial charge on any atom is 0.313 e. The summed E-state index contributed by atoms with van der Waals surface area (Å²) in [7, 11) is 1.89. The van der Waals surface area contributed by atoms with Crippen LogP contribution in [0.1, 0.15) is 4.88 Å². The second-order valence-electron chi connectivity index (χ2n) is 5.83. The van der Waals surface area contributed by atoms with Crippen LogP contribution in [0.25, 0.3) is 10.4 Å². The van der Waals surface area contributed by atoms with Gasteiger partial charge in [0.05, 0.1) is 11.9 Å². The number of thioether (sulfide) groups is 1. The number of anilines is 1. The molecule has 0 bridgehead atoms. The summed E-state index contributed by atoms with van der Waals surface area (Å²) in [4.78, 5) is 27.3. The fraction of sp³-hybridized carbons (Fsp3) is 0.211. The minimum absolute atomic E-state index is 0.406. The van der Waals surface area contributed by atoms with E-state index in [2.05, 4.69) is 15.7 Å². The van der Waals surface area contributed by atoms with E-state index < -0.39 is 11.8 Å². The Morgan fingerprint density at radius 3 is 2.74 bits per heavy atom. The molecule has 0 fully saturated rings. The summed E-state index contributed by atoms with van der Waals surface area (Å²) < 4.78 is 1.77. The fourth-order valence-corrected chi connectivity index (χ4v) is 4.06. The predicted molar refractivity (Wildman–Crippen MR) is 110 cm³/mol. The summed E-state index contributed by atoms with van der Waals surface area (Å²) in [6.45, 7) is 0.406. The molecule has 2 aromatic heterocycles. The van der Waals surface area contributed by atoms with Crippen molar-refractivity contribution >= 4 is 40.6 Å². The molecule has 3 aromatic rings. The number of rotatable bonds is 6. The Morgan fingerprint density at radius 1 is 1.19 bits per heavy atom. The fourth-order valence-electron chi connectivity index (χ4n) is 2.52. The van der Waals surface area contributed by atoms with Gasteiger partial charge in [0.2, 0.25) is 0 Å². The van der Waals surface area contributed by atoms with Crippen LogP contribution in [0, 0.1) is 0 Å². The summed E-state index contributed by atoms with van der Waals surface area (Å²) in [6, 6.07) is 11.5. The zero-order valence-electron chi connectivity index (χ0n) is 15.1. The summed E-state index contributed by atoms with van der Waals surface area (Å²) in [5, 5.41) is 9.51. The number of carbonyl (C=O) groups is 2. The summed E-state index contributed by atoms with van der Waals surface area (Å²) in [5.74, 6) is -1.28. The van der Waals surface area contributed by atoms with Gasteiger partial charge >= 0.3 is 11.8 Å². The standard InChI is InChI=1S/C19H20N4O2S2/c1-23-12-13(11-21-23)16-8-7-14(27-16)9-10-20-18(24)19(25)22-15-5-3-4-6-17(15)26-2/h3-8,11-12H,9-10H2,1-2H3,(H,20,24)(H,22,25). The number of hydrogen-bond acceptors (Lipinski definition) is 5. The largest absolute Gasteiger partial charge is 0.347 e. The molecule has 0 radical (unpaired) electrons. The maximum absolute atomic E-state index is 12.1. The number of carbonyl (C=O) groups excluding carboxylic acids is 2. The highest BCUT2D eigenvalue weighted by atomic mass is 32.2. The Kier molecular flexibility index (Phi) is 6.31. The van der Waals surface area contributed by atoms with Crippen LogP contribution in [0.5, 0.6) is 0 Å². The topological polar surface area (TPSA) is 76.0 Å². The smallest absolute Gasteiger partial charge is 0.313 e. The van der Waals surface area contributed by atoms with Crippen molar-refractivity contribution in [2.45, 2.75) is 11.3 Å². The van der Waals surface area contributed by atoms with Gasteiger partial charge in [-0.2, -0.15) is 5.10 Å². The van der Waals surface area contributed by atoms with E-state index in [1.54, 1.807) is 22.1 Å². The average Bonchev–Trinajstić information content (AvgIpc) is 3.31. The molecule has 0 unspecified atom stereocenters. The average molecular weight is 401 g/mol. The van der Waals surface area contributed by atoms with Crippen LogP contribution in [-0.2, 0) is 23.1 Å². The number of para-hydroxylation sites is 1. The molecule has 8 heteroatoms. The quantitative estimate of drug-likeness (QED) is 0.492. The van der Waals surface area contributed by atoms with Crippen molar-refractivity contribution in [1.29, 1.82) is 0 Å². The van der Waals surface area contributed by atoms with Crippen LogP contribution in [0.2, 0.25) is 0 Å². The monoisotopic (exact) mass is 400 g/mol. The van der Waals surface area contributed by atoms with E-state index in [0.29, 0.717) is 18.7 Å². The molecule has 27 heavy (non-hydrogen) atoms. The number of nitrogens with one attached hydrogen (secondary N) is 2. The van der Waals surface area contributed by atoms with E-state index >= 15 is 0 Å². The Bertz CT molecular complexity index is 949. The summed E-state index contributed by atoms with van der Waals surface area (Å²) >= 11 is 3.17. The van der Waals surface area contributed by atoms with Gasteiger partial charge < -0.3 is 10.6 Å². The zero-order valence-corrected chi connectivity index (χ0v) is 16.7. The Balaban J connectivity index is 1.49. The van der Waals surface area contributed by atoms with E-state index in [0.717, 1.165) is 20.2 Å². The van der Waals surface area contributed by atoms with E-state index in [1.807, 2.05) is 56.0 Å². The van der Waals surface area contributed by atoms with Crippen molar-refractivity contribution in [3.63, 3.8) is 0 Å². The lowest BCUT2D eigenvalue weighted by Gasteiger charge is -2.09. The number of hydrogen-bond donors (Lipinski definition) is 2. The SMILES string of the molecule is CSc1ccccc1NC(=O)C(=O)NCCc1ccc(-c2cnn(C)c2)s1. The lowest BCUT2D eigenvalue weighted by Crippen LogP contribution is -2.36. The predicted octanol–water partition coefficient (Wildman–Crippen LogP) is 3.17. The molecule has 0 spiro atoms. The highest BCUT2D eigenvalue weighted by Crippen LogP contribution is 2.27. The maximum atomic E-state index is 12.1. The van der Waals surface area contributed by atoms with Crippen LogP contribution >= 0.6 is 23.1 Å². The number of nitrogens with zero attached hydrogens (tertiary/aromatic N) is 2. The second kappa shape index (κ2) is 8.88. The number of amides is 2. The minimum Gasteiger partial charge on any atom is -0.347 e. The van der Waals surface area contributed by atoms with Gasteiger partial charge in [0.15, 0.2) is 0 Å². The van der Waals surface area contributed by atoms with Crippen LogP contribution in [-0.4, -0.2) is 34.4 Å². The van der Waals surface area contributed by atoms with Gasteiger partial charge in [-0.3, -0.25) is 14.3 Å². The molecule has 0 atom stereocenters. The van der Waals surface area contributed by atoms with Crippen molar-refractivity contribution in [2.75, 3.05) is 18.1 Å². The molecule has 0 aliphatic carbocycles. The molecule has 2 N–H and O–H groups in total. The number of aryl methyl sites for hydroxylation is 1. The molecule has 6 nitrogen and oxygen atoms in total. The number of thiophene rings is 1. The first-order chi connectivity index (χ1) is 13.1. The molecule has 2 heterocycles. The molecule has 1 aromatic carbocycles. The molecule has 140 valence electrons. The van der Waals surface area contributed by atoms with Gasteiger partial charge in [-0.05, 0) is 36.9 Å². The Hall–Kier alpha value is -2.58. The summed E-state index contributed by atoms with van der Waals surface area (Å²) in [5.41, 5.74) is 1.72. The third-order valence-corrected chi connectivity index (χ3v) is 5.86. The number of aromatic nitrogens is 2. The van der Waals surface area contributed by atoms with Gasteiger partial charge in [-0.15, -0.1) is 23.1 Å². The van der Waals surface area contributed by atoms with E-state index in [9.17, 15) is 9.59 Å². The molecule has 0 aliphatic heterocycles. The van der Waals surface area contributed by atoms with Gasteiger partial charge in [-0.25, -0.2) is 0 Å². The van der Waals surface area contributed by atoms with Crippen LogP contribution in [0.15, 0.2) is 53.7 Å². The first-order valence-corrected chi connectivity index (χ1v) is 10.4. The molecule has 0 saturated carbocycles. The van der Waals surface area contributed by atoms with Crippen molar-refractivity contribution < 1.29 is 9.59 Å². The first-order valence-electron chi connectivity index (χ1n) is 8.36. The highest BCUT2D eigenvalue weighted by molar-refractivity contribution is 7.98. The van der Waals surface area contributed by atoms with Gasteiger partial charge in [0, 0.05) is 40.0 Å². The van der Waals surface area contributed by atoms with Gasteiger partial charge in [0.25, 0.3) is 0 Å². The highest BCUT2D eigenvalue weighted by Gasteiger charge is 2.15. The zero-order chi connectivity index (χ0) is 19.2. The molecule has 3 rings (SSSR count). The summed E-state index contributed by atoms with van der Waals surface area (Å²) in [6.07, 6.45) is 6.39. The van der Waals surface area contributed by atoms with E-state index in [4.69, 9.17) is 0 Å². The molecule has 0 saturated heterocycles. The van der Waals surface area contributed by atoms with Crippen LogP contribution in [0.3, 0.4) is 0 Å². The number of benzene rings is 1.